The molecule has 1 aromatic rings. The fraction of sp³-hybridized carbons (Fsp3) is 0.600. The van der Waals surface area contributed by atoms with Crippen molar-refractivity contribution in [2.75, 3.05) is 20.1 Å². The van der Waals surface area contributed by atoms with E-state index in [1.54, 1.807) is 11.9 Å². The van der Waals surface area contributed by atoms with Crippen LogP contribution < -0.4 is 0 Å². The molecule has 130 valence electrons. The van der Waals surface area contributed by atoms with Crippen LogP contribution in [0.2, 0.25) is 0 Å². The molecule has 1 aromatic carbocycles. The Morgan fingerprint density at radius 3 is 2.50 bits per heavy atom. The smallest absolute Gasteiger partial charge is 0.237 e. The van der Waals surface area contributed by atoms with Crippen molar-refractivity contribution >= 4 is 5.91 Å². The van der Waals surface area contributed by atoms with Crippen molar-refractivity contribution in [3.63, 3.8) is 0 Å². The second-order valence-electron chi connectivity index (χ2n) is 6.89. The molecule has 1 aliphatic carbocycles. The molecule has 4 nitrogen and oxygen atoms in total. The van der Waals surface area contributed by atoms with Gasteiger partial charge in [-0.15, -0.1) is 0 Å². The van der Waals surface area contributed by atoms with Crippen LogP contribution in [-0.4, -0.2) is 41.4 Å². The quantitative estimate of drug-likeness (QED) is 0.803. The van der Waals surface area contributed by atoms with Crippen molar-refractivity contribution in [1.29, 1.82) is 5.26 Å². The molecule has 0 bridgehead atoms. The molecule has 0 aromatic heterocycles. The lowest BCUT2D eigenvalue weighted by atomic mass is 9.81. The van der Waals surface area contributed by atoms with E-state index in [2.05, 4.69) is 36.9 Å². The lowest BCUT2D eigenvalue weighted by Gasteiger charge is -2.39. The molecule has 1 fully saturated rings. The van der Waals surface area contributed by atoms with Gasteiger partial charge in [0, 0.05) is 13.6 Å². The van der Waals surface area contributed by atoms with Crippen molar-refractivity contribution < 1.29 is 4.79 Å². The molecule has 1 aliphatic rings. The van der Waals surface area contributed by atoms with Crippen molar-refractivity contribution in [2.45, 2.75) is 58.0 Å². The van der Waals surface area contributed by atoms with E-state index in [-0.39, 0.29) is 5.91 Å². The number of amides is 1. The Morgan fingerprint density at radius 1 is 1.25 bits per heavy atom. The minimum absolute atomic E-state index is 0.0499. The fourth-order valence-corrected chi connectivity index (χ4v) is 3.50. The number of nitrogens with zero attached hydrogens (tertiary/aromatic N) is 3. The number of hydrogen-bond donors (Lipinski definition) is 0. The summed E-state index contributed by atoms with van der Waals surface area (Å²) in [6, 6.07) is 10.7. The molecule has 1 saturated carbocycles. The van der Waals surface area contributed by atoms with E-state index < -0.39 is 5.54 Å². The standard InChI is InChI=1S/C20H29N3O/c1-4-23(14-18-11-7-6-10-17(18)2)15-19(24)22(3)20(16-21)12-8-5-9-13-20/h6-7,10-11H,4-5,8-9,12-15H2,1-3H3. The molecule has 0 N–H and O–H groups in total. The van der Waals surface area contributed by atoms with Gasteiger partial charge in [-0.25, -0.2) is 0 Å². The Balaban J connectivity index is 2.03. The highest BCUT2D eigenvalue weighted by Gasteiger charge is 2.38. The number of likely N-dealkylation sites (N-methyl/N-ethyl adjacent to an activating group) is 2. The summed E-state index contributed by atoms with van der Waals surface area (Å²) in [6.45, 7) is 6.12. The Morgan fingerprint density at radius 2 is 1.92 bits per heavy atom. The van der Waals surface area contributed by atoms with Crippen LogP contribution in [0.15, 0.2) is 24.3 Å². The Bertz CT molecular complexity index is 599. The molecule has 4 heteroatoms. The van der Waals surface area contributed by atoms with E-state index >= 15 is 0 Å². The van der Waals surface area contributed by atoms with Gasteiger partial charge in [-0.2, -0.15) is 5.26 Å². The fourth-order valence-electron chi connectivity index (χ4n) is 3.50. The van der Waals surface area contributed by atoms with Gasteiger partial charge in [0.15, 0.2) is 0 Å². The maximum Gasteiger partial charge on any atom is 0.237 e. The van der Waals surface area contributed by atoms with E-state index in [0.29, 0.717) is 6.54 Å². The highest BCUT2D eigenvalue weighted by atomic mass is 16.2. The van der Waals surface area contributed by atoms with E-state index in [0.717, 1.165) is 38.8 Å². The predicted octanol–water partition coefficient (Wildman–Crippen LogP) is 3.50. The molecule has 0 unspecified atom stereocenters. The molecule has 0 aliphatic heterocycles. The largest absolute Gasteiger partial charge is 0.326 e. The summed E-state index contributed by atoms with van der Waals surface area (Å²) in [5, 5.41) is 9.67. The molecular weight excluding hydrogens is 298 g/mol. The summed E-state index contributed by atoms with van der Waals surface area (Å²) >= 11 is 0. The first kappa shape index (κ1) is 18.5. The van der Waals surface area contributed by atoms with Gasteiger partial charge in [-0.3, -0.25) is 9.69 Å². The zero-order chi connectivity index (χ0) is 17.6. The highest BCUT2D eigenvalue weighted by Crippen LogP contribution is 2.32. The van der Waals surface area contributed by atoms with Gasteiger partial charge in [-0.05, 0) is 37.4 Å². The normalized spacial score (nSPS) is 16.6. The first-order valence-electron chi connectivity index (χ1n) is 8.97. The summed E-state index contributed by atoms with van der Waals surface area (Å²) in [5.74, 6) is 0.0499. The number of benzene rings is 1. The summed E-state index contributed by atoms with van der Waals surface area (Å²) < 4.78 is 0. The maximum absolute atomic E-state index is 12.8. The third kappa shape index (κ3) is 4.15. The first-order valence-corrected chi connectivity index (χ1v) is 8.97. The van der Waals surface area contributed by atoms with Crippen molar-refractivity contribution in [3.8, 4) is 6.07 Å². The molecule has 2 rings (SSSR count). The van der Waals surface area contributed by atoms with E-state index in [1.807, 2.05) is 12.1 Å². The monoisotopic (exact) mass is 327 g/mol. The maximum atomic E-state index is 12.8. The van der Waals surface area contributed by atoms with Gasteiger partial charge in [0.1, 0.15) is 5.54 Å². The Kier molecular flexibility index (Phi) is 6.39. The van der Waals surface area contributed by atoms with Crippen molar-refractivity contribution in [2.24, 2.45) is 0 Å². The van der Waals surface area contributed by atoms with E-state index in [1.165, 1.54) is 17.5 Å². The van der Waals surface area contributed by atoms with Gasteiger partial charge >= 0.3 is 0 Å². The second kappa shape index (κ2) is 8.30. The summed E-state index contributed by atoms with van der Waals surface area (Å²) in [5.41, 5.74) is 1.90. The minimum atomic E-state index is -0.600. The third-order valence-corrected chi connectivity index (χ3v) is 5.37. The van der Waals surface area contributed by atoms with E-state index in [9.17, 15) is 10.1 Å². The van der Waals surface area contributed by atoms with Crippen LogP contribution >= 0.6 is 0 Å². The zero-order valence-electron chi connectivity index (χ0n) is 15.2. The van der Waals surface area contributed by atoms with Crippen LogP contribution in [-0.2, 0) is 11.3 Å². The zero-order valence-corrected chi connectivity index (χ0v) is 15.2. The van der Waals surface area contributed by atoms with Gasteiger partial charge in [0.25, 0.3) is 0 Å². The van der Waals surface area contributed by atoms with Gasteiger partial charge in [-0.1, -0.05) is 50.5 Å². The third-order valence-electron chi connectivity index (χ3n) is 5.37. The number of rotatable bonds is 6. The van der Waals surface area contributed by atoms with Crippen LogP contribution in [0.5, 0.6) is 0 Å². The molecule has 0 heterocycles. The molecule has 0 atom stereocenters. The lowest BCUT2D eigenvalue weighted by molar-refractivity contribution is -0.136. The molecule has 1 amide bonds. The van der Waals surface area contributed by atoms with Gasteiger partial charge < -0.3 is 4.90 Å². The Hall–Kier alpha value is -1.86. The van der Waals surface area contributed by atoms with Gasteiger partial charge in [0.05, 0.1) is 12.6 Å². The van der Waals surface area contributed by atoms with Crippen LogP contribution in [0.25, 0.3) is 0 Å². The second-order valence-corrected chi connectivity index (χ2v) is 6.89. The van der Waals surface area contributed by atoms with Crippen LogP contribution in [0, 0.1) is 18.3 Å². The van der Waals surface area contributed by atoms with Crippen LogP contribution in [0.3, 0.4) is 0 Å². The number of nitriles is 1. The lowest BCUT2D eigenvalue weighted by Crippen LogP contribution is -2.52. The predicted molar refractivity (Wildman–Crippen MR) is 96.3 cm³/mol. The highest BCUT2D eigenvalue weighted by molar-refractivity contribution is 5.79. The molecule has 0 spiro atoms. The summed E-state index contributed by atoms with van der Waals surface area (Å²) in [7, 11) is 1.80. The number of aryl methyl sites for hydroxylation is 1. The van der Waals surface area contributed by atoms with E-state index in [4.69, 9.17) is 0 Å². The average Bonchev–Trinajstić information content (AvgIpc) is 2.62. The summed E-state index contributed by atoms with van der Waals surface area (Å²) in [6.07, 6.45) is 4.84. The first-order chi connectivity index (χ1) is 11.5. The van der Waals surface area contributed by atoms with Crippen molar-refractivity contribution in [3.05, 3.63) is 35.4 Å². The topological polar surface area (TPSA) is 47.3 Å². The molecular formula is C20H29N3O. The number of hydrogen-bond acceptors (Lipinski definition) is 3. The van der Waals surface area contributed by atoms with Gasteiger partial charge in [0.2, 0.25) is 5.91 Å². The minimum Gasteiger partial charge on any atom is -0.326 e. The number of carbonyl (C=O) groups is 1. The van der Waals surface area contributed by atoms with Crippen molar-refractivity contribution in [1.82, 2.24) is 9.80 Å². The average molecular weight is 327 g/mol. The molecule has 24 heavy (non-hydrogen) atoms. The Labute approximate surface area is 146 Å². The summed E-state index contributed by atoms with van der Waals surface area (Å²) in [4.78, 5) is 16.6. The number of carbonyl (C=O) groups excluding carboxylic acids is 1. The SMILES string of the molecule is CCN(CC(=O)N(C)C1(C#N)CCCCC1)Cc1ccccc1C. The van der Waals surface area contributed by atoms with Crippen LogP contribution in [0.1, 0.15) is 50.2 Å². The van der Waals surface area contributed by atoms with Crippen LogP contribution in [0.4, 0.5) is 0 Å². The molecule has 0 saturated heterocycles. The molecule has 0 radical (unpaired) electrons.